The van der Waals surface area contributed by atoms with Gasteiger partial charge in [0.05, 0.1) is 17.1 Å². The molecule has 28 heavy (non-hydrogen) atoms. The van der Waals surface area contributed by atoms with E-state index in [-0.39, 0.29) is 10.8 Å². The molecule has 0 aliphatic rings. The number of carbonyl (C=O) groups excluding carboxylic acids is 1. The van der Waals surface area contributed by atoms with Crippen LogP contribution in [0, 0.1) is 0 Å². The number of amides is 1. The summed E-state index contributed by atoms with van der Waals surface area (Å²) in [6.07, 6.45) is 3.54. The number of hydrogen-bond donors (Lipinski definition) is 1. The molecule has 8 nitrogen and oxygen atoms in total. The van der Waals surface area contributed by atoms with Crippen LogP contribution in [0.2, 0.25) is 0 Å². The van der Waals surface area contributed by atoms with Gasteiger partial charge in [-0.25, -0.2) is 12.7 Å². The molecule has 1 aromatic carbocycles. The Morgan fingerprint density at radius 1 is 1.07 bits per heavy atom. The molecule has 0 bridgehead atoms. The minimum absolute atomic E-state index is 0.146. The quantitative estimate of drug-likeness (QED) is 0.651. The number of aromatic nitrogens is 3. The third kappa shape index (κ3) is 4.44. The first-order chi connectivity index (χ1) is 13.4. The lowest BCUT2D eigenvalue weighted by Gasteiger charge is -2.11. The van der Waals surface area contributed by atoms with E-state index in [2.05, 4.69) is 15.4 Å². The first-order valence-electron chi connectivity index (χ1n) is 8.63. The lowest BCUT2D eigenvalue weighted by Crippen LogP contribution is -2.27. The topological polar surface area (TPSA) is 97.2 Å². The third-order valence-electron chi connectivity index (χ3n) is 4.09. The summed E-state index contributed by atoms with van der Waals surface area (Å²) < 4.78 is 27.0. The highest BCUT2D eigenvalue weighted by molar-refractivity contribution is 7.89. The van der Waals surface area contributed by atoms with Crippen LogP contribution in [-0.2, 0) is 16.6 Å². The van der Waals surface area contributed by atoms with E-state index in [1.807, 2.05) is 30.5 Å². The minimum Gasteiger partial charge on any atom is -0.350 e. The van der Waals surface area contributed by atoms with Crippen molar-refractivity contribution >= 4 is 15.9 Å². The Hall–Kier alpha value is -3.04. The van der Waals surface area contributed by atoms with Crippen molar-refractivity contribution in [1.29, 1.82) is 0 Å². The lowest BCUT2D eigenvalue weighted by atomic mass is 10.2. The van der Waals surface area contributed by atoms with Gasteiger partial charge in [-0.05, 0) is 42.5 Å². The maximum atomic E-state index is 12.2. The van der Waals surface area contributed by atoms with Gasteiger partial charge in [0.2, 0.25) is 10.0 Å². The van der Waals surface area contributed by atoms with Gasteiger partial charge in [-0.15, -0.1) is 0 Å². The molecule has 3 rings (SSSR count). The van der Waals surface area contributed by atoms with Crippen LogP contribution < -0.4 is 5.32 Å². The summed E-state index contributed by atoms with van der Waals surface area (Å²) in [6, 6.07) is 13.4. The number of nitrogens with zero attached hydrogens (tertiary/aromatic N) is 4. The summed E-state index contributed by atoms with van der Waals surface area (Å²) in [5.74, 6) is -0.272. The number of carbonyl (C=O) groups is 1. The molecule has 0 saturated heterocycles. The van der Waals surface area contributed by atoms with Crippen molar-refractivity contribution < 1.29 is 13.2 Å². The fraction of sp³-hybridized carbons (Fsp3) is 0.211. The van der Waals surface area contributed by atoms with E-state index < -0.39 is 10.0 Å². The van der Waals surface area contributed by atoms with Crippen LogP contribution in [0.15, 0.2) is 65.8 Å². The lowest BCUT2D eigenvalue weighted by molar-refractivity contribution is 0.0952. The summed E-state index contributed by atoms with van der Waals surface area (Å²) in [5, 5.41) is 7.24. The van der Waals surface area contributed by atoms with Crippen LogP contribution in [0.3, 0.4) is 0 Å². The number of pyridine rings is 1. The molecule has 0 unspecified atom stereocenters. The van der Waals surface area contributed by atoms with Gasteiger partial charge in [0.25, 0.3) is 5.91 Å². The summed E-state index contributed by atoms with van der Waals surface area (Å²) in [4.78, 5) is 16.6. The van der Waals surface area contributed by atoms with E-state index in [4.69, 9.17) is 0 Å². The van der Waals surface area contributed by atoms with Gasteiger partial charge in [-0.3, -0.25) is 14.5 Å². The highest BCUT2D eigenvalue weighted by Gasteiger charge is 2.17. The molecular formula is C19H21N5O3S. The molecule has 3 aromatic rings. The van der Waals surface area contributed by atoms with Crippen LogP contribution in [0.1, 0.15) is 10.4 Å². The van der Waals surface area contributed by atoms with Gasteiger partial charge in [-0.1, -0.05) is 6.07 Å². The molecule has 0 aliphatic heterocycles. The Morgan fingerprint density at radius 3 is 2.46 bits per heavy atom. The van der Waals surface area contributed by atoms with Crippen LogP contribution in [0.4, 0.5) is 0 Å². The van der Waals surface area contributed by atoms with E-state index in [0.29, 0.717) is 18.7 Å². The number of rotatable bonds is 7. The zero-order valence-electron chi connectivity index (χ0n) is 15.6. The number of sulfonamides is 1. The van der Waals surface area contributed by atoms with Crippen LogP contribution in [0.5, 0.6) is 0 Å². The number of nitrogens with one attached hydrogen (secondary N) is 1. The molecule has 2 heterocycles. The molecule has 9 heteroatoms. The normalized spacial score (nSPS) is 11.5. The largest absolute Gasteiger partial charge is 0.350 e. The van der Waals surface area contributed by atoms with Crippen molar-refractivity contribution in [2.75, 3.05) is 20.6 Å². The van der Waals surface area contributed by atoms with E-state index >= 15 is 0 Å². The second-order valence-electron chi connectivity index (χ2n) is 6.25. The van der Waals surface area contributed by atoms with Gasteiger partial charge < -0.3 is 5.32 Å². The van der Waals surface area contributed by atoms with Gasteiger partial charge >= 0.3 is 0 Å². The zero-order valence-corrected chi connectivity index (χ0v) is 16.4. The zero-order chi connectivity index (χ0) is 20.1. The van der Waals surface area contributed by atoms with Crippen molar-refractivity contribution in [2.24, 2.45) is 0 Å². The van der Waals surface area contributed by atoms with Crippen molar-refractivity contribution in [3.8, 4) is 11.4 Å². The van der Waals surface area contributed by atoms with Gasteiger partial charge in [0, 0.05) is 38.6 Å². The number of hydrogen-bond acceptors (Lipinski definition) is 5. The van der Waals surface area contributed by atoms with Gasteiger partial charge in [0.15, 0.2) is 0 Å². The Morgan fingerprint density at radius 2 is 1.82 bits per heavy atom. The van der Waals surface area contributed by atoms with Gasteiger partial charge in [0.1, 0.15) is 5.69 Å². The van der Waals surface area contributed by atoms with Crippen LogP contribution in [0.25, 0.3) is 11.4 Å². The smallest absolute Gasteiger partial charge is 0.251 e. The molecule has 1 amide bonds. The van der Waals surface area contributed by atoms with E-state index in [1.165, 1.54) is 38.4 Å². The summed E-state index contributed by atoms with van der Waals surface area (Å²) in [5.41, 5.74) is 1.95. The van der Waals surface area contributed by atoms with Crippen molar-refractivity contribution in [1.82, 2.24) is 24.4 Å². The first kappa shape index (κ1) is 19.7. The maximum absolute atomic E-state index is 12.2. The Bertz CT molecular complexity index is 1040. The fourth-order valence-electron chi connectivity index (χ4n) is 2.51. The average Bonchev–Trinajstić information content (AvgIpc) is 3.17. The predicted octanol–water partition coefficient (Wildman–Crippen LogP) is 1.63. The first-order valence-corrected chi connectivity index (χ1v) is 10.1. The SMILES string of the molecule is CN(C)S(=O)(=O)c1ccc(C(=O)NCCn2ccc(-c3ccccn3)n2)cc1. The predicted molar refractivity (Wildman–Crippen MR) is 105 cm³/mol. The average molecular weight is 399 g/mol. The molecule has 0 atom stereocenters. The summed E-state index contributed by atoms with van der Waals surface area (Å²) in [7, 11) is -0.582. The Kier molecular flexibility index (Phi) is 5.86. The second kappa shape index (κ2) is 8.32. The maximum Gasteiger partial charge on any atom is 0.251 e. The van der Waals surface area contributed by atoms with Crippen molar-refractivity contribution in [2.45, 2.75) is 11.4 Å². The molecule has 2 aromatic heterocycles. The summed E-state index contributed by atoms with van der Waals surface area (Å²) >= 11 is 0. The molecular weight excluding hydrogens is 378 g/mol. The van der Waals surface area contributed by atoms with Crippen LogP contribution >= 0.6 is 0 Å². The highest BCUT2D eigenvalue weighted by atomic mass is 32.2. The van der Waals surface area contributed by atoms with E-state index in [9.17, 15) is 13.2 Å². The Balaban J connectivity index is 1.56. The molecule has 0 saturated carbocycles. The van der Waals surface area contributed by atoms with E-state index in [0.717, 1.165) is 15.7 Å². The molecule has 0 radical (unpaired) electrons. The molecule has 146 valence electrons. The van der Waals surface area contributed by atoms with Crippen molar-refractivity contribution in [3.63, 3.8) is 0 Å². The molecule has 0 fully saturated rings. The monoisotopic (exact) mass is 399 g/mol. The van der Waals surface area contributed by atoms with Crippen LogP contribution in [-0.4, -0.2) is 54.0 Å². The summed E-state index contributed by atoms with van der Waals surface area (Å²) in [6.45, 7) is 0.894. The minimum atomic E-state index is -3.51. The van der Waals surface area contributed by atoms with Gasteiger partial charge in [-0.2, -0.15) is 5.10 Å². The molecule has 1 N–H and O–H groups in total. The molecule has 0 spiro atoms. The van der Waals surface area contributed by atoms with Crippen molar-refractivity contribution in [3.05, 3.63) is 66.5 Å². The standard InChI is InChI=1S/C19H21N5O3S/c1-23(2)28(26,27)16-8-6-15(7-9-16)19(25)21-12-14-24-13-10-18(22-24)17-5-3-4-11-20-17/h3-11,13H,12,14H2,1-2H3,(H,21,25). The fourth-order valence-corrected chi connectivity index (χ4v) is 3.41. The Labute approximate surface area is 163 Å². The highest BCUT2D eigenvalue weighted by Crippen LogP contribution is 2.14. The molecule has 0 aliphatic carbocycles. The third-order valence-corrected chi connectivity index (χ3v) is 5.92. The second-order valence-corrected chi connectivity index (χ2v) is 8.40. The van der Waals surface area contributed by atoms with E-state index in [1.54, 1.807) is 10.9 Å². The number of benzene rings is 1.